The molecule has 1 saturated carbocycles. The minimum atomic E-state index is -0.125. The highest BCUT2D eigenvalue weighted by Crippen LogP contribution is 2.50. The van der Waals surface area contributed by atoms with Crippen molar-refractivity contribution in [2.24, 2.45) is 11.3 Å². The summed E-state index contributed by atoms with van der Waals surface area (Å²) in [5.74, 6) is 5.68. The van der Waals surface area contributed by atoms with Gasteiger partial charge in [0.15, 0.2) is 0 Å². The summed E-state index contributed by atoms with van der Waals surface area (Å²) < 4.78 is 14.4. The predicted octanol–water partition coefficient (Wildman–Crippen LogP) is 3.92. The second-order valence-electron chi connectivity index (χ2n) is 6.00. The Morgan fingerprint density at radius 1 is 1.32 bits per heavy atom. The minimum absolute atomic E-state index is 0.0828. The topological polar surface area (TPSA) is 38.0 Å². The summed E-state index contributed by atoms with van der Waals surface area (Å²) in [5.41, 5.74) is 5.75. The number of hydrazine groups is 1. The number of hydrogen-bond acceptors (Lipinski definition) is 2. The Labute approximate surface area is 115 Å². The summed E-state index contributed by atoms with van der Waals surface area (Å²) in [5, 5.41) is 0. The molecule has 1 aliphatic carbocycles. The van der Waals surface area contributed by atoms with E-state index in [0.29, 0.717) is 0 Å². The number of benzene rings is 1. The third-order valence-corrected chi connectivity index (χ3v) is 4.85. The van der Waals surface area contributed by atoms with E-state index in [2.05, 4.69) is 12.3 Å². The predicted molar refractivity (Wildman–Crippen MR) is 77.1 cm³/mol. The Bertz CT molecular complexity index is 427. The lowest BCUT2D eigenvalue weighted by molar-refractivity contribution is 0.183. The third-order valence-electron chi connectivity index (χ3n) is 4.85. The number of hydrogen-bond donors (Lipinski definition) is 2. The molecule has 0 amide bonds. The van der Waals surface area contributed by atoms with Gasteiger partial charge in [-0.05, 0) is 55.7 Å². The zero-order chi connectivity index (χ0) is 14.0. The molecule has 0 aromatic heterocycles. The first-order valence-corrected chi connectivity index (χ1v) is 7.27. The SMILES string of the molecule is CCC1(C(NN)c2c(C)cc(C)cc2F)CCCC1. The van der Waals surface area contributed by atoms with Gasteiger partial charge in [0.2, 0.25) is 0 Å². The van der Waals surface area contributed by atoms with Crippen LogP contribution in [0.15, 0.2) is 12.1 Å². The second-order valence-corrected chi connectivity index (χ2v) is 6.00. The van der Waals surface area contributed by atoms with E-state index in [4.69, 9.17) is 5.84 Å². The van der Waals surface area contributed by atoms with E-state index < -0.39 is 0 Å². The first-order chi connectivity index (χ1) is 9.04. The van der Waals surface area contributed by atoms with Crippen LogP contribution in [-0.4, -0.2) is 0 Å². The van der Waals surface area contributed by atoms with Crippen molar-refractivity contribution in [1.82, 2.24) is 5.43 Å². The smallest absolute Gasteiger partial charge is 0.128 e. The van der Waals surface area contributed by atoms with Crippen molar-refractivity contribution >= 4 is 0 Å². The summed E-state index contributed by atoms with van der Waals surface area (Å²) in [6.45, 7) is 6.10. The zero-order valence-electron chi connectivity index (χ0n) is 12.2. The number of aryl methyl sites for hydroxylation is 2. The van der Waals surface area contributed by atoms with Gasteiger partial charge in [-0.15, -0.1) is 0 Å². The molecular formula is C16H25FN2. The number of nitrogens with two attached hydrogens (primary N) is 1. The van der Waals surface area contributed by atoms with Crippen molar-refractivity contribution in [3.05, 3.63) is 34.6 Å². The van der Waals surface area contributed by atoms with E-state index >= 15 is 0 Å². The van der Waals surface area contributed by atoms with Gasteiger partial charge in [-0.3, -0.25) is 11.3 Å². The number of nitrogens with one attached hydrogen (secondary N) is 1. The van der Waals surface area contributed by atoms with Gasteiger partial charge < -0.3 is 0 Å². The van der Waals surface area contributed by atoms with Gasteiger partial charge in [-0.2, -0.15) is 0 Å². The highest BCUT2D eigenvalue weighted by Gasteiger charge is 2.41. The highest BCUT2D eigenvalue weighted by molar-refractivity contribution is 5.35. The van der Waals surface area contributed by atoms with Crippen molar-refractivity contribution in [1.29, 1.82) is 0 Å². The summed E-state index contributed by atoms with van der Waals surface area (Å²) in [6.07, 6.45) is 5.74. The van der Waals surface area contributed by atoms with Crippen LogP contribution in [0.3, 0.4) is 0 Å². The Kier molecular flexibility index (Phi) is 4.26. The van der Waals surface area contributed by atoms with Gasteiger partial charge in [0, 0.05) is 5.56 Å². The van der Waals surface area contributed by atoms with Gasteiger partial charge in [0.1, 0.15) is 5.82 Å². The molecule has 3 heteroatoms. The quantitative estimate of drug-likeness (QED) is 0.639. The van der Waals surface area contributed by atoms with Crippen LogP contribution >= 0.6 is 0 Å². The van der Waals surface area contributed by atoms with Gasteiger partial charge in [-0.25, -0.2) is 4.39 Å². The molecule has 0 heterocycles. The highest BCUT2D eigenvalue weighted by atomic mass is 19.1. The fourth-order valence-corrected chi connectivity index (χ4v) is 3.78. The molecule has 0 saturated heterocycles. The largest absolute Gasteiger partial charge is 0.271 e. The molecule has 106 valence electrons. The van der Waals surface area contributed by atoms with Crippen LogP contribution in [0.5, 0.6) is 0 Å². The molecule has 1 fully saturated rings. The molecule has 1 aliphatic rings. The first-order valence-electron chi connectivity index (χ1n) is 7.27. The van der Waals surface area contributed by atoms with E-state index in [1.165, 1.54) is 12.8 Å². The van der Waals surface area contributed by atoms with Crippen molar-refractivity contribution in [3.8, 4) is 0 Å². The molecule has 1 atom stereocenters. The Hall–Kier alpha value is -0.930. The van der Waals surface area contributed by atoms with Crippen LogP contribution in [0.4, 0.5) is 4.39 Å². The van der Waals surface area contributed by atoms with Crippen molar-refractivity contribution in [2.75, 3.05) is 0 Å². The van der Waals surface area contributed by atoms with E-state index in [0.717, 1.165) is 36.0 Å². The number of rotatable bonds is 4. The summed E-state index contributed by atoms with van der Waals surface area (Å²) in [6, 6.07) is 3.58. The van der Waals surface area contributed by atoms with Crippen LogP contribution in [0, 0.1) is 25.1 Å². The summed E-state index contributed by atoms with van der Waals surface area (Å²) >= 11 is 0. The van der Waals surface area contributed by atoms with Gasteiger partial charge in [-0.1, -0.05) is 25.8 Å². The Balaban J connectivity index is 2.47. The van der Waals surface area contributed by atoms with Gasteiger partial charge >= 0.3 is 0 Å². The summed E-state index contributed by atoms with van der Waals surface area (Å²) in [7, 11) is 0. The van der Waals surface area contributed by atoms with Crippen molar-refractivity contribution in [2.45, 2.75) is 58.9 Å². The molecule has 2 nitrogen and oxygen atoms in total. The maximum atomic E-state index is 14.4. The lowest BCUT2D eigenvalue weighted by atomic mass is 9.72. The molecule has 0 radical (unpaired) electrons. The average molecular weight is 264 g/mol. The van der Waals surface area contributed by atoms with E-state index in [1.807, 2.05) is 19.9 Å². The third kappa shape index (κ3) is 2.54. The van der Waals surface area contributed by atoms with E-state index in [-0.39, 0.29) is 17.3 Å². The maximum absolute atomic E-state index is 14.4. The molecule has 0 aliphatic heterocycles. The van der Waals surface area contributed by atoms with Crippen LogP contribution in [0.1, 0.15) is 61.8 Å². The fourth-order valence-electron chi connectivity index (χ4n) is 3.78. The summed E-state index contributed by atoms with van der Waals surface area (Å²) in [4.78, 5) is 0. The lowest BCUT2D eigenvalue weighted by Gasteiger charge is -2.37. The molecule has 1 aromatic carbocycles. The fraction of sp³-hybridized carbons (Fsp3) is 0.625. The molecule has 0 bridgehead atoms. The molecule has 3 N–H and O–H groups in total. The van der Waals surface area contributed by atoms with E-state index in [1.54, 1.807) is 6.07 Å². The molecule has 2 rings (SSSR count). The maximum Gasteiger partial charge on any atom is 0.128 e. The Morgan fingerprint density at radius 2 is 1.95 bits per heavy atom. The lowest BCUT2D eigenvalue weighted by Crippen LogP contribution is -2.41. The standard InChI is InChI=1S/C16H25FN2/c1-4-16(7-5-6-8-16)15(19-18)14-12(3)9-11(2)10-13(14)17/h9-10,15,19H,4-8,18H2,1-3H3. The number of halogens is 1. The first kappa shape index (κ1) is 14.5. The molecule has 1 aromatic rings. The second kappa shape index (κ2) is 5.59. The Morgan fingerprint density at radius 3 is 2.42 bits per heavy atom. The molecular weight excluding hydrogens is 239 g/mol. The zero-order valence-corrected chi connectivity index (χ0v) is 12.2. The molecule has 19 heavy (non-hydrogen) atoms. The van der Waals surface area contributed by atoms with Crippen LogP contribution in [0.2, 0.25) is 0 Å². The monoisotopic (exact) mass is 264 g/mol. The molecule has 0 spiro atoms. The average Bonchev–Trinajstić information content (AvgIpc) is 2.83. The van der Waals surface area contributed by atoms with Crippen LogP contribution in [-0.2, 0) is 0 Å². The molecule has 1 unspecified atom stereocenters. The van der Waals surface area contributed by atoms with Gasteiger partial charge in [0.25, 0.3) is 0 Å². The minimum Gasteiger partial charge on any atom is -0.271 e. The van der Waals surface area contributed by atoms with E-state index in [9.17, 15) is 4.39 Å². The normalized spacial score (nSPS) is 19.6. The van der Waals surface area contributed by atoms with Crippen molar-refractivity contribution in [3.63, 3.8) is 0 Å². The van der Waals surface area contributed by atoms with Crippen LogP contribution < -0.4 is 11.3 Å². The van der Waals surface area contributed by atoms with Gasteiger partial charge in [0.05, 0.1) is 6.04 Å². The van der Waals surface area contributed by atoms with Crippen LogP contribution in [0.25, 0.3) is 0 Å². The van der Waals surface area contributed by atoms with Crippen molar-refractivity contribution < 1.29 is 4.39 Å².